The van der Waals surface area contributed by atoms with E-state index in [2.05, 4.69) is 10.2 Å². The number of aromatic nitrogens is 3. The van der Waals surface area contributed by atoms with Gasteiger partial charge < -0.3 is 19.1 Å². The Labute approximate surface area is 138 Å². The van der Waals surface area contributed by atoms with Gasteiger partial charge in [0.1, 0.15) is 11.9 Å². The van der Waals surface area contributed by atoms with Crippen LogP contribution in [-0.2, 0) is 17.9 Å². The number of thioether (sulfide) groups is 1. The Bertz CT molecular complexity index is 674. The molecule has 0 saturated heterocycles. The fourth-order valence-electron chi connectivity index (χ4n) is 1.92. The average molecular weight is 337 g/mol. The molecule has 0 radical (unpaired) electrons. The van der Waals surface area contributed by atoms with Crippen LogP contribution in [0.3, 0.4) is 0 Å². The molecule has 1 heterocycles. The highest BCUT2D eigenvalue weighted by Crippen LogP contribution is 2.27. The molecule has 2 rings (SSSR count). The van der Waals surface area contributed by atoms with Gasteiger partial charge in [-0.2, -0.15) is 0 Å². The van der Waals surface area contributed by atoms with Crippen LogP contribution >= 0.6 is 11.8 Å². The molecule has 0 bridgehead atoms. The molecule has 1 aromatic carbocycles. The lowest BCUT2D eigenvalue weighted by molar-refractivity contribution is -0.136. The molecule has 0 aliphatic carbocycles. The number of methoxy groups -OCH3 is 1. The highest BCUT2D eigenvalue weighted by molar-refractivity contribution is 8.00. The van der Waals surface area contributed by atoms with Crippen LogP contribution in [-0.4, -0.2) is 38.2 Å². The van der Waals surface area contributed by atoms with E-state index in [0.29, 0.717) is 29.0 Å². The lowest BCUT2D eigenvalue weighted by Crippen LogP contribution is -2.13. The van der Waals surface area contributed by atoms with E-state index in [1.807, 2.05) is 35.8 Å². The summed E-state index contributed by atoms with van der Waals surface area (Å²) in [6.07, 6.45) is 0. The summed E-state index contributed by atoms with van der Waals surface area (Å²) in [7, 11) is 1.58. The molecule has 7 nitrogen and oxygen atoms in total. The molecular weight excluding hydrogens is 318 g/mol. The van der Waals surface area contributed by atoms with Crippen molar-refractivity contribution in [2.45, 2.75) is 37.4 Å². The number of aliphatic carboxylic acids is 1. The van der Waals surface area contributed by atoms with Gasteiger partial charge >= 0.3 is 5.97 Å². The standard InChI is InChI=1S/C15H19N3O4S/c1-4-18-13(16-17-15(18)23-10(2)14(19)20)9-22-12-8-6-5-7-11(12)21-3/h5-8,10H,4,9H2,1-3H3,(H,19,20)/t10-/m0/s1. The quantitative estimate of drug-likeness (QED) is 0.740. The van der Waals surface area contributed by atoms with E-state index in [4.69, 9.17) is 14.6 Å². The zero-order chi connectivity index (χ0) is 16.8. The molecule has 23 heavy (non-hydrogen) atoms. The number of carboxylic acid groups (broad SMARTS) is 1. The summed E-state index contributed by atoms with van der Waals surface area (Å²) in [4.78, 5) is 11.0. The molecule has 1 atom stereocenters. The smallest absolute Gasteiger partial charge is 0.316 e. The third kappa shape index (κ3) is 4.16. The van der Waals surface area contributed by atoms with Gasteiger partial charge in [-0.3, -0.25) is 4.79 Å². The maximum absolute atomic E-state index is 11.0. The monoisotopic (exact) mass is 337 g/mol. The topological polar surface area (TPSA) is 86.5 Å². The van der Waals surface area contributed by atoms with Crippen LogP contribution in [0.4, 0.5) is 0 Å². The zero-order valence-electron chi connectivity index (χ0n) is 13.2. The van der Waals surface area contributed by atoms with Gasteiger partial charge in [-0.1, -0.05) is 23.9 Å². The molecule has 0 saturated carbocycles. The minimum atomic E-state index is -0.882. The van der Waals surface area contributed by atoms with E-state index < -0.39 is 11.2 Å². The first-order valence-electron chi connectivity index (χ1n) is 7.14. The highest BCUT2D eigenvalue weighted by atomic mass is 32.2. The Hall–Kier alpha value is -2.22. The van der Waals surface area contributed by atoms with Gasteiger partial charge in [0.15, 0.2) is 22.5 Å². The summed E-state index contributed by atoms with van der Waals surface area (Å²) in [6, 6.07) is 7.35. The predicted molar refractivity (Wildman–Crippen MR) is 86.0 cm³/mol. The van der Waals surface area contributed by atoms with Crippen molar-refractivity contribution in [3.63, 3.8) is 0 Å². The number of carboxylic acids is 1. The van der Waals surface area contributed by atoms with Crippen molar-refractivity contribution < 1.29 is 19.4 Å². The van der Waals surface area contributed by atoms with Crippen molar-refractivity contribution in [1.82, 2.24) is 14.8 Å². The maximum atomic E-state index is 11.0. The van der Waals surface area contributed by atoms with Crippen molar-refractivity contribution in [3.05, 3.63) is 30.1 Å². The molecule has 124 valence electrons. The first kappa shape index (κ1) is 17.1. The second-order valence-electron chi connectivity index (χ2n) is 4.68. The fourth-order valence-corrected chi connectivity index (χ4v) is 2.79. The number of rotatable bonds is 8. The molecule has 1 N–H and O–H groups in total. The summed E-state index contributed by atoms with van der Waals surface area (Å²) >= 11 is 1.16. The Morgan fingerprint density at radius 2 is 2.04 bits per heavy atom. The number of hydrogen-bond acceptors (Lipinski definition) is 6. The molecule has 0 aliphatic heterocycles. The van der Waals surface area contributed by atoms with Gasteiger partial charge in [-0.25, -0.2) is 0 Å². The van der Waals surface area contributed by atoms with Crippen LogP contribution in [0.15, 0.2) is 29.4 Å². The van der Waals surface area contributed by atoms with Gasteiger partial charge in [-0.15, -0.1) is 10.2 Å². The first-order valence-corrected chi connectivity index (χ1v) is 8.02. The van der Waals surface area contributed by atoms with Crippen LogP contribution in [0, 0.1) is 0 Å². The molecule has 0 amide bonds. The maximum Gasteiger partial charge on any atom is 0.316 e. The van der Waals surface area contributed by atoms with E-state index in [1.54, 1.807) is 14.0 Å². The van der Waals surface area contributed by atoms with E-state index in [9.17, 15) is 4.79 Å². The minimum absolute atomic E-state index is 0.225. The summed E-state index contributed by atoms with van der Waals surface area (Å²) in [6.45, 7) is 4.42. The van der Waals surface area contributed by atoms with Crippen LogP contribution in [0.1, 0.15) is 19.7 Å². The Morgan fingerprint density at radius 3 is 2.65 bits per heavy atom. The third-order valence-corrected chi connectivity index (χ3v) is 4.23. The van der Waals surface area contributed by atoms with E-state index in [0.717, 1.165) is 11.8 Å². The molecule has 0 unspecified atom stereocenters. The van der Waals surface area contributed by atoms with E-state index in [-0.39, 0.29) is 6.61 Å². The van der Waals surface area contributed by atoms with Gasteiger partial charge in [0.05, 0.1) is 7.11 Å². The molecule has 0 fully saturated rings. The Morgan fingerprint density at radius 1 is 1.35 bits per heavy atom. The second kappa shape index (κ2) is 7.87. The van der Waals surface area contributed by atoms with Crippen LogP contribution in [0.5, 0.6) is 11.5 Å². The SMILES string of the molecule is CCn1c(COc2ccccc2OC)nnc1S[C@@H](C)C(=O)O. The molecule has 2 aromatic rings. The second-order valence-corrected chi connectivity index (χ2v) is 5.99. The largest absolute Gasteiger partial charge is 0.493 e. The van der Waals surface area contributed by atoms with Crippen molar-refractivity contribution in [1.29, 1.82) is 0 Å². The van der Waals surface area contributed by atoms with Gasteiger partial charge in [0.2, 0.25) is 0 Å². The van der Waals surface area contributed by atoms with Crippen molar-refractivity contribution in [3.8, 4) is 11.5 Å². The van der Waals surface area contributed by atoms with Crippen molar-refractivity contribution in [2.75, 3.05) is 7.11 Å². The summed E-state index contributed by atoms with van der Waals surface area (Å²) in [5.41, 5.74) is 0. The lowest BCUT2D eigenvalue weighted by Gasteiger charge is -2.11. The Balaban J connectivity index is 2.11. The summed E-state index contributed by atoms with van der Waals surface area (Å²) < 4.78 is 12.8. The highest BCUT2D eigenvalue weighted by Gasteiger charge is 2.19. The summed E-state index contributed by atoms with van der Waals surface area (Å²) in [5, 5.41) is 17.2. The first-order chi connectivity index (χ1) is 11.1. The number of benzene rings is 1. The molecule has 8 heteroatoms. The van der Waals surface area contributed by atoms with Crippen LogP contribution in [0.2, 0.25) is 0 Å². The van der Waals surface area contributed by atoms with Gasteiger partial charge in [-0.05, 0) is 26.0 Å². The van der Waals surface area contributed by atoms with Crippen molar-refractivity contribution in [2.24, 2.45) is 0 Å². The predicted octanol–water partition coefficient (Wildman–Crippen LogP) is 2.45. The molecule has 0 aliphatic rings. The Kier molecular flexibility index (Phi) is 5.86. The lowest BCUT2D eigenvalue weighted by atomic mass is 10.3. The number of hydrogen-bond donors (Lipinski definition) is 1. The number of nitrogens with zero attached hydrogens (tertiary/aromatic N) is 3. The summed E-state index contributed by atoms with van der Waals surface area (Å²) in [5.74, 6) is 1.02. The number of ether oxygens (including phenoxy) is 2. The molecular formula is C15H19N3O4S. The normalized spacial score (nSPS) is 12.0. The number of para-hydroxylation sites is 2. The van der Waals surface area contributed by atoms with Crippen LogP contribution < -0.4 is 9.47 Å². The van der Waals surface area contributed by atoms with E-state index >= 15 is 0 Å². The van der Waals surface area contributed by atoms with Gasteiger partial charge in [0, 0.05) is 6.54 Å². The zero-order valence-corrected chi connectivity index (χ0v) is 14.0. The van der Waals surface area contributed by atoms with Crippen molar-refractivity contribution >= 4 is 17.7 Å². The van der Waals surface area contributed by atoms with Crippen LogP contribution in [0.25, 0.3) is 0 Å². The third-order valence-electron chi connectivity index (χ3n) is 3.17. The minimum Gasteiger partial charge on any atom is -0.493 e. The van der Waals surface area contributed by atoms with Gasteiger partial charge in [0.25, 0.3) is 0 Å². The number of carbonyl (C=O) groups is 1. The molecule has 0 spiro atoms. The average Bonchev–Trinajstić information content (AvgIpc) is 2.94. The molecule has 1 aromatic heterocycles. The van der Waals surface area contributed by atoms with E-state index in [1.165, 1.54) is 0 Å². The fraction of sp³-hybridized carbons (Fsp3) is 0.400.